The molecule has 0 radical (unpaired) electrons. The predicted octanol–water partition coefficient (Wildman–Crippen LogP) is 4.64. The van der Waals surface area contributed by atoms with Gasteiger partial charge in [-0.25, -0.2) is 9.59 Å². The quantitative estimate of drug-likeness (QED) is 0.357. The van der Waals surface area contributed by atoms with Crippen molar-refractivity contribution in [2.75, 3.05) is 0 Å². The van der Waals surface area contributed by atoms with Gasteiger partial charge in [0.15, 0.2) is 5.60 Å². The zero-order valence-electron chi connectivity index (χ0n) is 21.4. The van der Waals surface area contributed by atoms with Crippen molar-refractivity contribution < 1.29 is 18.7 Å². The van der Waals surface area contributed by atoms with E-state index in [0.29, 0.717) is 23.3 Å². The van der Waals surface area contributed by atoms with Crippen LogP contribution in [0.3, 0.4) is 0 Å². The van der Waals surface area contributed by atoms with Crippen LogP contribution in [-0.4, -0.2) is 23.3 Å². The molecule has 0 spiro atoms. The zero-order valence-corrected chi connectivity index (χ0v) is 21.4. The molecule has 0 bridgehead atoms. The van der Waals surface area contributed by atoms with Crippen LogP contribution in [0.15, 0.2) is 69.1 Å². The Labute approximate surface area is 211 Å². The summed E-state index contributed by atoms with van der Waals surface area (Å²) in [6, 6.07) is 7.01. The first-order valence-corrected chi connectivity index (χ1v) is 12.6. The summed E-state index contributed by atoms with van der Waals surface area (Å²) in [5.74, 6) is 0.291. The topological polar surface area (TPSA) is 104 Å². The van der Waals surface area contributed by atoms with Gasteiger partial charge in [0, 0.05) is 41.1 Å². The molecule has 0 amide bonds. The number of fused-ring (bicyclic) bond motifs is 2. The van der Waals surface area contributed by atoms with Crippen LogP contribution in [0.4, 0.5) is 0 Å². The Morgan fingerprint density at radius 2 is 2.00 bits per heavy atom. The fourth-order valence-corrected chi connectivity index (χ4v) is 6.26. The monoisotopic (exact) mass is 490 g/mol. The van der Waals surface area contributed by atoms with E-state index in [2.05, 4.69) is 11.4 Å². The molecule has 7 heteroatoms. The summed E-state index contributed by atoms with van der Waals surface area (Å²) in [7, 11) is 0. The normalized spacial score (nSPS) is 25.2. The van der Waals surface area contributed by atoms with Crippen molar-refractivity contribution in [1.82, 2.24) is 5.32 Å². The molecule has 2 aromatic rings. The van der Waals surface area contributed by atoms with Crippen molar-refractivity contribution in [1.29, 1.82) is 0 Å². The van der Waals surface area contributed by atoms with Crippen LogP contribution in [0.2, 0.25) is 0 Å². The number of rotatable bonds is 5. The molecule has 190 valence electrons. The number of carbonyl (C=O) groups is 1. The molecule has 3 heterocycles. The highest BCUT2D eigenvalue weighted by Crippen LogP contribution is 2.62. The predicted molar refractivity (Wildman–Crippen MR) is 138 cm³/mol. The van der Waals surface area contributed by atoms with E-state index in [0.717, 1.165) is 42.2 Å². The van der Waals surface area contributed by atoms with Gasteiger partial charge in [0.05, 0.1) is 6.17 Å². The average Bonchev–Trinajstić information content (AvgIpc) is 3.49. The Hall–Kier alpha value is -3.32. The fraction of sp³-hybridized carbons (Fsp3) is 0.448. The van der Waals surface area contributed by atoms with Gasteiger partial charge in [-0.2, -0.15) is 0 Å². The minimum atomic E-state index is -1.00. The Kier molecular flexibility index (Phi) is 5.86. The first kappa shape index (κ1) is 24.4. The molecule has 3 N–H and O–H groups in total. The summed E-state index contributed by atoms with van der Waals surface area (Å²) < 4.78 is 18.7. The van der Waals surface area contributed by atoms with Gasteiger partial charge in [-0.05, 0) is 69.9 Å². The number of ether oxygens (including phenoxy) is 2. The molecular formula is C29H34N2O5. The lowest BCUT2D eigenvalue weighted by atomic mass is 9.58. The molecule has 3 aliphatic rings. The zero-order chi connectivity index (χ0) is 25.7. The number of carbonyl (C=O) groups excluding carboxylic acids is 1. The largest absolute Gasteiger partial charge is 0.481 e. The number of nitrogens with one attached hydrogen (secondary N) is 1. The lowest BCUT2D eigenvalue weighted by Gasteiger charge is -2.54. The van der Waals surface area contributed by atoms with E-state index in [1.54, 1.807) is 25.1 Å². The van der Waals surface area contributed by atoms with Crippen molar-refractivity contribution in [2.45, 2.75) is 77.2 Å². The lowest BCUT2D eigenvalue weighted by molar-refractivity contribution is -0.195. The van der Waals surface area contributed by atoms with Crippen LogP contribution in [0, 0.1) is 5.41 Å². The van der Waals surface area contributed by atoms with Crippen molar-refractivity contribution in [2.24, 2.45) is 11.1 Å². The van der Waals surface area contributed by atoms with Crippen LogP contribution < -0.4 is 21.4 Å². The molecule has 36 heavy (non-hydrogen) atoms. The van der Waals surface area contributed by atoms with Gasteiger partial charge in [-0.1, -0.05) is 25.0 Å². The molecule has 2 atom stereocenters. The average molecular weight is 491 g/mol. The summed E-state index contributed by atoms with van der Waals surface area (Å²) in [4.78, 5) is 24.9. The molecule has 7 nitrogen and oxygen atoms in total. The fourth-order valence-electron chi connectivity index (χ4n) is 6.26. The summed E-state index contributed by atoms with van der Waals surface area (Å²) in [6.07, 6.45) is 11.9. The van der Waals surface area contributed by atoms with E-state index >= 15 is 0 Å². The van der Waals surface area contributed by atoms with E-state index in [-0.39, 0.29) is 12.1 Å². The second-order valence-corrected chi connectivity index (χ2v) is 10.7. The van der Waals surface area contributed by atoms with Gasteiger partial charge in [0.25, 0.3) is 0 Å². The Morgan fingerprint density at radius 1 is 1.25 bits per heavy atom. The van der Waals surface area contributed by atoms with Gasteiger partial charge < -0.3 is 24.9 Å². The number of hydrogen-bond acceptors (Lipinski definition) is 7. The van der Waals surface area contributed by atoms with Crippen LogP contribution in [0.1, 0.15) is 58.9 Å². The lowest BCUT2D eigenvalue weighted by Crippen LogP contribution is -2.66. The van der Waals surface area contributed by atoms with Crippen LogP contribution >= 0.6 is 0 Å². The molecule has 5 rings (SSSR count). The smallest absolute Gasteiger partial charge is 0.336 e. The SMILES string of the molecule is CC=C(C)C(=O)OC(C)(C)C1(C2(C3=CNC(N)C=C3)CCCC2)Cc2cc3ccc(=O)oc3cc2O1. The Bertz CT molecular complexity index is 1360. The second kappa shape index (κ2) is 8.66. The highest BCUT2D eigenvalue weighted by Gasteiger charge is 2.67. The minimum Gasteiger partial charge on any atom is -0.481 e. The maximum atomic E-state index is 13.1. The van der Waals surface area contributed by atoms with E-state index in [1.165, 1.54) is 6.07 Å². The third-order valence-corrected chi connectivity index (χ3v) is 8.30. The number of benzene rings is 1. The molecule has 1 fully saturated rings. The van der Waals surface area contributed by atoms with Gasteiger partial charge >= 0.3 is 11.6 Å². The van der Waals surface area contributed by atoms with Crippen molar-refractivity contribution in [3.8, 4) is 5.75 Å². The van der Waals surface area contributed by atoms with Crippen LogP contribution in [-0.2, 0) is 16.0 Å². The van der Waals surface area contributed by atoms with E-state index in [4.69, 9.17) is 19.6 Å². The van der Waals surface area contributed by atoms with E-state index in [9.17, 15) is 9.59 Å². The number of hydrogen-bond donors (Lipinski definition) is 2. The third kappa shape index (κ3) is 3.68. The first-order chi connectivity index (χ1) is 17.1. The van der Waals surface area contributed by atoms with Gasteiger partial charge in [0.2, 0.25) is 0 Å². The highest BCUT2D eigenvalue weighted by molar-refractivity contribution is 5.88. The molecule has 0 saturated heterocycles. The van der Waals surface area contributed by atoms with Gasteiger partial charge in [0.1, 0.15) is 16.9 Å². The molecule has 2 aliphatic heterocycles. The summed E-state index contributed by atoms with van der Waals surface area (Å²) in [6.45, 7) is 7.48. The van der Waals surface area contributed by atoms with Crippen LogP contribution in [0.5, 0.6) is 5.75 Å². The number of nitrogens with two attached hydrogens (primary N) is 1. The number of esters is 1. The number of dihydropyridines is 1. The molecule has 1 aromatic heterocycles. The third-order valence-electron chi connectivity index (χ3n) is 8.30. The summed E-state index contributed by atoms with van der Waals surface area (Å²) in [5, 5.41) is 4.09. The van der Waals surface area contributed by atoms with Gasteiger partial charge in [-0.15, -0.1) is 0 Å². The van der Waals surface area contributed by atoms with Crippen molar-refractivity contribution >= 4 is 16.9 Å². The summed E-state index contributed by atoms with van der Waals surface area (Å²) in [5.41, 5.74) is 6.45. The van der Waals surface area contributed by atoms with E-state index in [1.807, 2.05) is 39.1 Å². The minimum absolute atomic E-state index is 0.249. The Balaban J connectivity index is 1.69. The molecule has 2 unspecified atom stereocenters. The number of allylic oxidation sites excluding steroid dienone is 2. The maximum Gasteiger partial charge on any atom is 0.336 e. The standard InChI is InChI=1S/C29H34N2O5/c1-5-18(2)26(33)36-27(3,4)29(28(12-6-7-13-28)21-9-10-24(30)31-17-21)16-20-14-19-8-11-25(32)34-22(19)15-23(20)35-29/h5,8-11,14-15,17,24,31H,6-7,12-13,16,30H2,1-4H3. The van der Waals surface area contributed by atoms with Gasteiger partial charge in [-0.3, -0.25) is 0 Å². The van der Waals surface area contributed by atoms with Crippen molar-refractivity contribution in [3.05, 3.63) is 75.8 Å². The Morgan fingerprint density at radius 3 is 2.67 bits per heavy atom. The highest BCUT2D eigenvalue weighted by atomic mass is 16.6. The molecule has 1 saturated carbocycles. The molecule has 1 aromatic carbocycles. The van der Waals surface area contributed by atoms with Crippen molar-refractivity contribution in [3.63, 3.8) is 0 Å². The second-order valence-electron chi connectivity index (χ2n) is 10.7. The maximum absolute atomic E-state index is 13.1. The van der Waals surface area contributed by atoms with Crippen LogP contribution in [0.25, 0.3) is 11.0 Å². The van der Waals surface area contributed by atoms with E-state index < -0.39 is 22.2 Å². The molecule has 1 aliphatic carbocycles. The summed E-state index contributed by atoms with van der Waals surface area (Å²) >= 11 is 0. The first-order valence-electron chi connectivity index (χ1n) is 12.6. The molecular weight excluding hydrogens is 456 g/mol.